The predicted molar refractivity (Wildman–Crippen MR) is 82.6 cm³/mol. The molecule has 112 valence electrons. The van der Waals surface area contributed by atoms with Crippen molar-refractivity contribution in [2.45, 2.75) is 32.6 Å². The molecule has 0 saturated carbocycles. The summed E-state index contributed by atoms with van der Waals surface area (Å²) in [6.45, 7) is 6.56. The number of halogens is 1. The van der Waals surface area contributed by atoms with Gasteiger partial charge in [-0.15, -0.1) is 5.10 Å². The maximum absolute atomic E-state index is 12.0. The van der Waals surface area contributed by atoms with Crippen LogP contribution in [0.4, 0.5) is 0 Å². The molecule has 21 heavy (non-hydrogen) atoms. The zero-order chi connectivity index (χ0) is 15.5. The summed E-state index contributed by atoms with van der Waals surface area (Å²) >= 11 is 5.83. The van der Waals surface area contributed by atoms with Crippen molar-refractivity contribution >= 4 is 17.5 Å². The van der Waals surface area contributed by atoms with E-state index in [4.69, 9.17) is 11.6 Å². The van der Waals surface area contributed by atoms with E-state index in [1.54, 1.807) is 0 Å². The Morgan fingerprint density at radius 3 is 2.52 bits per heavy atom. The molecular formula is C15H19ClN4O. The highest BCUT2D eigenvalue weighted by atomic mass is 35.5. The summed E-state index contributed by atoms with van der Waals surface area (Å²) in [6, 6.07) is 7.56. The van der Waals surface area contributed by atoms with Crippen molar-refractivity contribution in [3.63, 3.8) is 0 Å². The van der Waals surface area contributed by atoms with Crippen LogP contribution < -0.4 is 5.32 Å². The number of aromatic nitrogens is 3. The van der Waals surface area contributed by atoms with Gasteiger partial charge in [0, 0.05) is 17.0 Å². The topological polar surface area (TPSA) is 70.7 Å². The summed E-state index contributed by atoms with van der Waals surface area (Å²) in [5.41, 5.74) is 0.958. The maximum atomic E-state index is 12.0. The number of nitrogens with zero attached hydrogens (tertiary/aromatic N) is 2. The summed E-state index contributed by atoms with van der Waals surface area (Å²) in [5, 5.41) is 10.3. The number of hydrogen-bond acceptors (Lipinski definition) is 3. The smallest absolute Gasteiger partial charge is 0.290 e. The predicted octanol–water partition coefficient (Wildman–Crippen LogP) is 2.73. The highest BCUT2D eigenvalue weighted by molar-refractivity contribution is 6.30. The van der Waals surface area contributed by atoms with Crippen LogP contribution in [0.2, 0.25) is 5.02 Å². The van der Waals surface area contributed by atoms with Gasteiger partial charge in [-0.2, -0.15) is 0 Å². The molecule has 0 atom stereocenters. The Kier molecular flexibility index (Phi) is 4.63. The number of benzene rings is 1. The van der Waals surface area contributed by atoms with Crippen LogP contribution in [-0.2, 0) is 11.8 Å². The van der Waals surface area contributed by atoms with E-state index in [-0.39, 0.29) is 17.1 Å². The molecule has 0 aliphatic carbocycles. The Balaban J connectivity index is 1.87. The minimum absolute atomic E-state index is 0.158. The van der Waals surface area contributed by atoms with Crippen molar-refractivity contribution in [1.29, 1.82) is 0 Å². The minimum atomic E-state index is -0.268. The molecule has 0 spiro atoms. The molecule has 1 aromatic carbocycles. The second kappa shape index (κ2) is 6.26. The Bertz CT molecular complexity index is 613. The monoisotopic (exact) mass is 306 g/mol. The molecule has 2 N–H and O–H groups in total. The lowest BCUT2D eigenvalue weighted by Crippen LogP contribution is -2.27. The largest absolute Gasteiger partial charge is 0.349 e. The highest BCUT2D eigenvalue weighted by Crippen LogP contribution is 2.17. The standard InChI is InChI=1S/C15H19ClN4O/c1-15(2,3)14-18-12(19-20-14)13(21)17-9-8-10-4-6-11(16)7-5-10/h4-7H,8-9H2,1-3H3,(H,17,21)(H,18,19,20). The van der Waals surface area contributed by atoms with Crippen molar-refractivity contribution in [2.75, 3.05) is 6.54 Å². The lowest BCUT2D eigenvalue weighted by atomic mass is 9.96. The molecule has 0 fully saturated rings. The molecule has 2 rings (SSSR count). The van der Waals surface area contributed by atoms with Crippen LogP contribution in [0.5, 0.6) is 0 Å². The molecule has 0 unspecified atom stereocenters. The van der Waals surface area contributed by atoms with Gasteiger partial charge < -0.3 is 5.32 Å². The zero-order valence-corrected chi connectivity index (χ0v) is 13.2. The summed E-state index contributed by atoms with van der Waals surface area (Å²) in [4.78, 5) is 16.2. The van der Waals surface area contributed by atoms with Crippen molar-refractivity contribution < 1.29 is 4.79 Å². The first-order valence-corrected chi connectivity index (χ1v) is 7.19. The van der Waals surface area contributed by atoms with E-state index < -0.39 is 0 Å². The first kappa shape index (κ1) is 15.5. The maximum Gasteiger partial charge on any atom is 0.290 e. The second-order valence-corrected chi connectivity index (χ2v) is 6.33. The highest BCUT2D eigenvalue weighted by Gasteiger charge is 2.20. The number of carbonyl (C=O) groups excluding carboxylic acids is 1. The summed E-state index contributed by atoms with van der Waals surface area (Å²) < 4.78 is 0. The SMILES string of the molecule is CC(C)(C)c1nc(C(=O)NCCc2ccc(Cl)cc2)n[nH]1. The number of H-pyrrole nitrogens is 1. The van der Waals surface area contributed by atoms with E-state index in [0.29, 0.717) is 17.4 Å². The summed E-state index contributed by atoms with van der Waals surface area (Å²) in [5.74, 6) is 0.608. The van der Waals surface area contributed by atoms with Gasteiger partial charge in [-0.3, -0.25) is 9.89 Å². The normalized spacial score (nSPS) is 11.4. The Hall–Kier alpha value is -1.88. The molecule has 0 bridgehead atoms. The van der Waals surface area contributed by atoms with E-state index in [9.17, 15) is 4.79 Å². The summed E-state index contributed by atoms with van der Waals surface area (Å²) in [7, 11) is 0. The molecule has 0 aliphatic heterocycles. The Morgan fingerprint density at radius 1 is 1.29 bits per heavy atom. The van der Waals surface area contributed by atoms with E-state index >= 15 is 0 Å². The number of nitrogens with one attached hydrogen (secondary N) is 2. The molecule has 6 heteroatoms. The first-order chi connectivity index (χ1) is 9.86. The average molecular weight is 307 g/mol. The van der Waals surface area contributed by atoms with Crippen molar-refractivity contribution in [3.8, 4) is 0 Å². The third kappa shape index (κ3) is 4.29. The van der Waals surface area contributed by atoms with Crippen LogP contribution in [0.3, 0.4) is 0 Å². The molecule has 5 nitrogen and oxygen atoms in total. The van der Waals surface area contributed by atoms with Gasteiger partial charge in [-0.25, -0.2) is 4.98 Å². The second-order valence-electron chi connectivity index (χ2n) is 5.89. The molecule has 0 aliphatic rings. The fraction of sp³-hybridized carbons (Fsp3) is 0.400. The van der Waals surface area contributed by atoms with Gasteiger partial charge >= 0.3 is 0 Å². The van der Waals surface area contributed by atoms with Gasteiger partial charge in [0.15, 0.2) is 0 Å². The van der Waals surface area contributed by atoms with Crippen molar-refractivity contribution in [1.82, 2.24) is 20.5 Å². The number of carbonyl (C=O) groups is 1. The lowest BCUT2D eigenvalue weighted by molar-refractivity contribution is 0.0944. The first-order valence-electron chi connectivity index (χ1n) is 6.82. The van der Waals surface area contributed by atoms with Gasteiger partial charge in [0.2, 0.25) is 5.82 Å². The van der Waals surface area contributed by atoms with Gasteiger partial charge in [0.1, 0.15) is 5.82 Å². The van der Waals surface area contributed by atoms with Gasteiger partial charge in [0.05, 0.1) is 0 Å². The third-order valence-corrected chi connectivity index (χ3v) is 3.26. The number of hydrogen-bond donors (Lipinski definition) is 2. The van der Waals surface area contributed by atoms with Crippen LogP contribution in [-0.4, -0.2) is 27.6 Å². The summed E-state index contributed by atoms with van der Waals surface area (Å²) in [6.07, 6.45) is 0.736. The van der Waals surface area contributed by atoms with E-state index in [1.807, 2.05) is 45.0 Å². The average Bonchev–Trinajstić information content (AvgIpc) is 2.90. The lowest BCUT2D eigenvalue weighted by Gasteiger charge is -2.12. The molecule has 0 radical (unpaired) electrons. The number of aromatic amines is 1. The van der Waals surface area contributed by atoms with Crippen molar-refractivity contribution in [2.24, 2.45) is 0 Å². The van der Waals surface area contributed by atoms with Gasteiger partial charge in [-0.05, 0) is 24.1 Å². The molecule has 2 aromatic rings. The van der Waals surface area contributed by atoms with Crippen LogP contribution in [0, 0.1) is 0 Å². The van der Waals surface area contributed by atoms with E-state index in [1.165, 1.54) is 0 Å². The van der Waals surface area contributed by atoms with Crippen LogP contribution in [0.1, 0.15) is 42.8 Å². The quantitative estimate of drug-likeness (QED) is 0.912. The van der Waals surface area contributed by atoms with Crippen molar-refractivity contribution in [3.05, 3.63) is 46.5 Å². The van der Waals surface area contributed by atoms with Crippen LogP contribution in [0.25, 0.3) is 0 Å². The molecule has 1 aromatic heterocycles. The molecule has 1 amide bonds. The Morgan fingerprint density at radius 2 is 1.95 bits per heavy atom. The van der Waals surface area contributed by atoms with E-state index in [0.717, 1.165) is 12.0 Å². The number of rotatable bonds is 4. The van der Waals surface area contributed by atoms with Crippen LogP contribution in [0.15, 0.2) is 24.3 Å². The van der Waals surface area contributed by atoms with E-state index in [2.05, 4.69) is 20.5 Å². The minimum Gasteiger partial charge on any atom is -0.349 e. The molecule has 0 saturated heterocycles. The van der Waals surface area contributed by atoms with Crippen LogP contribution >= 0.6 is 11.6 Å². The van der Waals surface area contributed by atoms with Gasteiger partial charge in [-0.1, -0.05) is 44.5 Å². The molecular weight excluding hydrogens is 288 g/mol. The third-order valence-electron chi connectivity index (χ3n) is 3.01. The fourth-order valence-electron chi connectivity index (χ4n) is 1.75. The zero-order valence-electron chi connectivity index (χ0n) is 12.4. The molecule has 1 heterocycles. The fourth-order valence-corrected chi connectivity index (χ4v) is 1.88. The Labute approximate surface area is 129 Å². The number of amides is 1. The van der Waals surface area contributed by atoms with Gasteiger partial charge in [0.25, 0.3) is 5.91 Å².